The summed E-state index contributed by atoms with van der Waals surface area (Å²) in [6, 6.07) is 4.21. The zero-order chi connectivity index (χ0) is 13.0. The number of pyridine rings is 1. The fourth-order valence-electron chi connectivity index (χ4n) is 2.32. The van der Waals surface area contributed by atoms with E-state index in [2.05, 4.69) is 41.2 Å². The largest absolute Gasteiger partial charge is 0.393 e. The Kier molecular flexibility index (Phi) is 4.55. The first-order valence-electron chi connectivity index (χ1n) is 6.79. The van der Waals surface area contributed by atoms with Gasteiger partial charge in [0.15, 0.2) is 0 Å². The van der Waals surface area contributed by atoms with Gasteiger partial charge >= 0.3 is 0 Å². The summed E-state index contributed by atoms with van der Waals surface area (Å²) in [6.45, 7) is 7.83. The molecule has 1 aliphatic rings. The van der Waals surface area contributed by atoms with Crippen molar-refractivity contribution in [1.82, 2.24) is 10.3 Å². The molecule has 2 N–H and O–H groups in total. The molecule has 0 bridgehead atoms. The van der Waals surface area contributed by atoms with Crippen LogP contribution < -0.4 is 10.2 Å². The Morgan fingerprint density at radius 2 is 2.33 bits per heavy atom. The van der Waals surface area contributed by atoms with Crippen LogP contribution in [0.2, 0.25) is 0 Å². The van der Waals surface area contributed by atoms with Crippen LogP contribution in [0.15, 0.2) is 18.3 Å². The third kappa shape index (κ3) is 3.21. The first-order chi connectivity index (χ1) is 8.70. The van der Waals surface area contributed by atoms with Gasteiger partial charge in [0.1, 0.15) is 5.82 Å². The summed E-state index contributed by atoms with van der Waals surface area (Å²) in [7, 11) is 0. The summed E-state index contributed by atoms with van der Waals surface area (Å²) in [5.74, 6) is 1.34. The summed E-state index contributed by atoms with van der Waals surface area (Å²) in [4.78, 5) is 6.78. The van der Waals surface area contributed by atoms with E-state index in [1.54, 1.807) is 0 Å². The average Bonchev–Trinajstić information content (AvgIpc) is 2.40. The number of hydrogen-bond acceptors (Lipinski definition) is 4. The molecule has 1 saturated heterocycles. The van der Waals surface area contributed by atoms with Gasteiger partial charge in [-0.15, -0.1) is 0 Å². The maximum atomic E-state index is 9.73. The first kappa shape index (κ1) is 13.3. The lowest BCUT2D eigenvalue weighted by Crippen LogP contribution is -2.42. The summed E-state index contributed by atoms with van der Waals surface area (Å²) in [5, 5.41) is 13.0. The van der Waals surface area contributed by atoms with Gasteiger partial charge in [0.2, 0.25) is 0 Å². The van der Waals surface area contributed by atoms with Crippen LogP contribution in [0.4, 0.5) is 5.82 Å². The molecule has 1 aromatic rings. The molecule has 2 atom stereocenters. The topological polar surface area (TPSA) is 48.4 Å². The van der Waals surface area contributed by atoms with Crippen LogP contribution >= 0.6 is 0 Å². The maximum absolute atomic E-state index is 9.73. The molecule has 0 saturated carbocycles. The second-order valence-corrected chi connectivity index (χ2v) is 5.08. The van der Waals surface area contributed by atoms with Crippen molar-refractivity contribution >= 4 is 5.82 Å². The number of piperidine rings is 1. The van der Waals surface area contributed by atoms with Crippen LogP contribution in [0.3, 0.4) is 0 Å². The number of rotatable bonds is 4. The van der Waals surface area contributed by atoms with Crippen LogP contribution in [-0.4, -0.2) is 35.8 Å². The molecule has 0 radical (unpaired) electrons. The van der Waals surface area contributed by atoms with Crippen molar-refractivity contribution in [2.75, 3.05) is 24.5 Å². The van der Waals surface area contributed by atoms with Crippen molar-refractivity contribution in [3.8, 4) is 0 Å². The molecule has 0 aromatic carbocycles. The Morgan fingerprint density at radius 3 is 2.94 bits per heavy atom. The SMILES string of the molecule is CCNCc1ccc(N2CCC(O)C(C)C2)nc1. The smallest absolute Gasteiger partial charge is 0.128 e. The molecule has 2 rings (SSSR count). The highest BCUT2D eigenvalue weighted by atomic mass is 16.3. The lowest BCUT2D eigenvalue weighted by molar-refractivity contribution is 0.0969. The van der Waals surface area contributed by atoms with Crippen LogP contribution in [0.1, 0.15) is 25.8 Å². The highest BCUT2D eigenvalue weighted by Crippen LogP contribution is 2.21. The molecular weight excluding hydrogens is 226 g/mol. The minimum atomic E-state index is -0.158. The molecule has 2 unspecified atom stereocenters. The second kappa shape index (κ2) is 6.16. The molecular formula is C14H23N3O. The number of aromatic nitrogens is 1. The molecule has 1 aliphatic heterocycles. The monoisotopic (exact) mass is 249 g/mol. The Labute approximate surface area is 109 Å². The van der Waals surface area contributed by atoms with Crippen molar-refractivity contribution in [3.05, 3.63) is 23.9 Å². The number of hydrogen-bond donors (Lipinski definition) is 2. The van der Waals surface area contributed by atoms with E-state index in [-0.39, 0.29) is 6.10 Å². The molecule has 4 nitrogen and oxygen atoms in total. The Balaban J connectivity index is 1.97. The van der Waals surface area contributed by atoms with Crippen LogP contribution in [-0.2, 0) is 6.54 Å². The van der Waals surface area contributed by atoms with E-state index in [0.717, 1.165) is 38.4 Å². The molecule has 1 fully saturated rings. The lowest BCUT2D eigenvalue weighted by Gasteiger charge is -2.35. The molecule has 1 aromatic heterocycles. The fourth-order valence-corrected chi connectivity index (χ4v) is 2.32. The van der Waals surface area contributed by atoms with Gasteiger partial charge in [0.25, 0.3) is 0 Å². The standard InChI is InChI=1S/C14H23N3O/c1-3-15-8-12-4-5-14(16-9-12)17-7-6-13(18)11(2)10-17/h4-5,9,11,13,15,18H,3,6-8,10H2,1-2H3. The summed E-state index contributed by atoms with van der Waals surface area (Å²) in [5.41, 5.74) is 1.21. The van der Waals surface area contributed by atoms with Crippen molar-refractivity contribution in [3.63, 3.8) is 0 Å². The molecule has 100 valence electrons. The Morgan fingerprint density at radius 1 is 1.50 bits per heavy atom. The van der Waals surface area contributed by atoms with Gasteiger partial charge in [0.05, 0.1) is 6.10 Å². The summed E-state index contributed by atoms with van der Waals surface area (Å²) >= 11 is 0. The lowest BCUT2D eigenvalue weighted by atomic mass is 9.97. The minimum absolute atomic E-state index is 0.158. The summed E-state index contributed by atoms with van der Waals surface area (Å²) in [6.07, 6.45) is 2.62. The van der Waals surface area contributed by atoms with Crippen LogP contribution in [0.25, 0.3) is 0 Å². The number of aliphatic hydroxyl groups is 1. The van der Waals surface area contributed by atoms with E-state index in [0.29, 0.717) is 5.92 Å². The fraction of sp³-hybridized carbons (Fsp3) is 0.643. The average molecular weight is 249 g/mol. The second-order valence-electron chi connectivity index (χ2n) is 5.08. The number of anilines is 1. The van der Waals surface area contributed by atoms with E-state index < -0.39 is 0 Å². The van der Waals surface area contributed by atoms with Gasteiger partial charge in [-0.05, 0) is 30.5 Å². The molecule has 2 heterocycles. The molecule has 4 heteroatoms. The van der Waals surface area contributed by atoms with E-state index in [1.807, 2.05) is 6.20 Å². The van der Waals surface area contributed by atoms with Gasteiger partial charge < -0.3 is 15.3 Å². The minimum Gasteiger partial charge on any atom is -0.393 e. The Bertz CT molecular complexity index is 366. The van der Waals surface area contributed by atoms with Gasteiger partial charge in [0, 0.05) is 25.8 Å². The van der Waals surface area contributed by atoms with Gasteiger partial charge in [-0.1, -0.05) is 19.9 Å². The maximum Gasteiger partial charge on any atom is 0.128 e. The quantitative estimate of drug-likeness (QED) is 0.847. The van der Waals surface area contributed by atoms with E-state index in [1.165, 1.54) is 5.56 Å². The van der Waals surface area contributed by atoms with E-state index >= 15 is 0 Å². The van der Waals surface area contributed by atoms with Crippen LogP contribution in [0.5, 0.6) is 0 Å². The van der Waals surface area contributed by atoms with Crippen molar-refractivity contribution < 1.29 is 5.11 Å². The van der Waals surface area contributed by atoms with Crippen LogP contribution in [0, 0.1) is 5.92 Å². The number of nitrogens with zero attached hydrogens (tertiary/aromatic N) is 2. The van der Waals surface area contributed by atoms with Crippen molar-refractivity contribution in [2.45, 2.75) is 32.9 Å². The predicted octanol–water partition coefficient (Wildman–Crippen LogP) is 1.40. The molecule has 0 spiro atoms. The first-order valence-corrected chi connectivity index (χ1v) is 6.79. The third-order valence-electron chi connectivity index (χ3n) is 3.57. The normalized spacial score (nSPS) is 24.3. The van der Waals surface area contributed by atoms with Gasteiger partial charge in [-0.2, -0.15) is 0 Å². The number of aliphatic hydroxyl groups excluding tert-OH is 1. The number of nitrogens with one attached hydrogen (secondary N) is 1. The third-order valence-corrected chi connectivity index (χ3v) is 3.57. The van der Waals surface area contributed by atoms with E-state index in [4.69, 9.17) is 0 Å². The molecule has 0 amide bonds. The summed E-state index contributed by atoms with van der Waals surface area (Å²) < 4.78 is 0. The predicted molar refractivity (Wildman–Crippen MR) is 73.6 cm³/mol. The Hall–Kier alpha value is -1.13. The van der Waals surface area contributed by atoms with Gasteiger partial charge in [-0.25, -0.2) is 4.98 Å². The zero-order valence-corrected chi connectivity index (χ0v) is 11.3. The van der Waals surface area contributed by atoms with Crippen molar-refractivity contribution in [1.29, 1.82) is 0 Å². The zero-order valence-electron chi connectivity index (χ0n) is 11.3. The van der Waals surface area contributed by atoms with Crippen molar-refractivity contribution in [2.24, 2.45) is 5.92 Å². The highest BCUT2D eigenvalue weighted by molar-refractivity contribution is 5.40. The highest BCUT2D eigenvalue weighted by Gasteiger charge is 2.24. The van der Waals surface area contributed by atoms with Gasteiger partial charge in [-0.3, -0.25) is 0 Å². The molecule has 0 aliphatic carbocycles. The molecule has 18 heavy (non-hydrogen) atoms. The van der Waals surface area contributed by atoms with E-state index in [9.17, 15) is 5.11 Å².